The van der Waals surface area contributed by atoms with Gasteiger partial charge in [0.2, 0.25) is 0 Å². The lowest BCUT2D eigenvalue weighted by Crippen LogP contribution is -2.04. The normalized spacial score (nSPS) is 16.9. The first kappa shape index (κ1) is 13.7. The molecule has 0 atom stereocenters. The second-order valence-corrected chi connectivity index (χ2v) is 6.69. The van der Waals surface area contributed by atoms with Gasteiger partial charge in [-0.15, -0.1) is 0 Å². The van der Waals surface area contributed by atoms with Crippen LogP contribution in [0.5, 0.6) is 11.5 Å². The summed E-state index contributed by atoms with van der Waals surface area (Å²) in [5.74, 6) is 0.596. The number of phenols is 2. The van der Waals surface area contributed by atoms with Gasteiger partial charge in [-0.3, -0.25) is 0 Å². The lowest BCUT2D eigenvalue weighted by molar-refractivity contribution is 0.467. The van der Waals surface area contributed by atoms with Gasteiger partial charge in [0, 0.05) is 11.1 Å². The average Bonchev–Trinajstić information content (AvgIpc) is 2.54. The number of fused-ring (bicyclic) bond motifs is 2. The van der Waals surface area contributed by atoms with Crippen molar-refractivity contribution in [1.82, 2.24) is 0 Å². The molecule has 0 bridgehead atoms. The van der Waals surface area contributed by atoms with E-state index in [1.165, 1.54) is 47.9 Å². The summed E-state index contributed by atoms with van der Waals surface area (Å²) in [7, 11) is 0. The van der Waals surface area contributed by atoms with Crippen LogP contribution in [0.4, 0.5) is 0 Å². The van der Waals surface area contributed by atoms with Crippen molar-refractivity contribution in [3.8, 4) is 22.6 Å². The van der Waals surface area contributed by atoms with E-state index in [0.717, 1.165) is 36.8 Å². The fourth-order valence-electron chi connectivity index (χ4n) is 3.98. The van der Waals surface area contributed by atoms with Gasteiger partial charge in [0.25, 0.3) is 0 Å². The molecule has 0 aromatic heterocycles. The van der Waals surface area contributed by atoms with Crippen LogP contribution in [-0.4, -0.2) is 10.2 Å². The van der Waals surface area contributed by atoms with Gasteiger partial charge < -0.3 is 10.2 Å². The zero-order chi connectivity index (χ0) is 15.1. The first-order chi connectivity index (χ1) is 10.7. The van der Waals surface area contributed by atoms with Crippen molar-refractivity contribution >= 4 is 0 Å². The Bertz CT molecular complexity index is 667. The molecule has 4 rings (SSSR count). The smallest absolute Gasteiger partial charge is 0.123 e. The van der Waals surface area contributed by atoms with Crippen molar-refractivity contribution in [2.45, 2.75) is 51.4 Å². The van der Waals surface area contributed by atoms with Crippen LogP contribution in [-0.2, 0) is 25.7 Å². The fraction of sp³-hybridized carbons (Fsp3) is 0.400. The van der Waals surface area contributed by atoms with Crippen LogP contribution in [0, 0.1) is 0 Å². The van der Waals surface area contributed by atoms with E-state index in [-0.39, 0.29) is 0 Å². The fourth-order valence-corrected chi connectivity index (χ4v) is 3.98. The second-order valence-electron chi connectivity index (χ2n) is 6.69. The third-order valence-corrected chi connectivity index (χ3v) is 5.21. The minimum Gasteiger partial charge on any atom is -0.507 e. The highest BCUT2D eigenvalue weighted by atomic mass is 16.3. The van der Waals surface area contributed by atoms with Gasteiger partial charge in [-0.05, 0) is 97.9 Å². The number of phenolic OH excluding ortho intramolecular Hbond substituents is 2. The number of hydrogen-bond acceptors (Lipinski definition) is 2. The van der Waals surface area contributed by atoms with E-state index in [0.29, 0.717) is 11.5 Å². The molecule has 2 N–H and O–H groups in total. The van der Waals surface area contributed by atoms with Gasteiger partial charge in [0.05, 0.1) is 0 Å². The highest BCUT2D eigenvalue weighted by molar-refractivity contribution is 5.77. The minimum atomic E-state index is 0.298. The van der Waals surface area contributed by atoms with Crippen LogP contribution < -0.4 is 0 Å². The molecule has 0 radical (unpaired) electrons. The van der Waals surface area contributed by atoms with Crippen LogP contribution in [0.2, 0.25) is 0 Å². The number of hydrogen-bond donors (Lipinski definition) is 2. The maximum Gasteiger partial charge on any atom is 0.123 e. The standard InChI is InChI=1S/C20H22O2/c21-19-11-15-7-3-1-5-13(15)9-17(19)18-10-14-6-2-4-8-16(14)12-20(18)22/h9-12,21-22H,1-8H2. The van der Waals surface area contributed by atoms with Crippen molar-refractivity contribution in [2.75, 3.05) is 0 Å². The Kier molecular flexibility index (Phi) is 3.33. The number of benzene rings is 2. The van der Waals surface area contributed by atoms with E-state index in [1.54, 1.807) is 0 Å². The molecule has 22 heavy (non-hydrogen) atoms. The van der Waals surface area contributed by atoms with E-state index in [9.17, 15) is 10.2 Å². The third kappa shape index (κ3) is 2.27. The first-order valence-electron chi connectivity index (χ1n) is 8.42. The van der Waals surface area contributed by atoms with Crippen LogP contribution in [0.3, 0.4) is 0 Å². The molecule has 2 nitrogen and oxygen atoms in total. The molecule has 0 spiro atoms. The Balaban J connectivity index is 1.84. The molecule has 0 saturated carbocycles. The monoisotopic (exact) mass is 294 g/mol. The SMILES string of the molecule is Oc1cc2c(cc1-c1cc3c(cc1O)CCCC3)CCCC2. The summed E-state index contributed by atoms with van der Waals surface area (Å²) in [4.78, 5) is 0. The first-order valence-corrected chi connectivity index (χ1v) is 8.42. The summed E-state index contributed by atoms with van der Waals surface area (Å²) in [6.07, 6.45) is 9.11. The van der Waals surface area contributed by atoms with Crippen molar-refractivity contribution in [2.24, 2.45) is 0 Å². The van der Waals surface area contributed by atoms with E-state index in [1.807, 2.05) is 12.1 Å². The average molecular weight is 294 g/mol. The van der Waals surface area contributed by atoms with Crippen molar-refractivity contribution in [3.05, 3.63) is 46.5 Å². The number of aromatic hydroxyl groups is 2. The van der Waals surface area contributed by atoms with Gasteiger partial charge in [-0.25, -0.2) is 0 Å². The van der Waals surface area contributed by atoms with E-state index in [2.05, 4.69) is 12.1 Å². The predicted octanol–water partition coefficient (Wildman–Crippen LogP) is 4.52. The summed E-state index contributed by atoms with van der Waals surface area (Å²) >= 11 is 0. The Morgan fingerprint density at radius 2 is 0.818 bits per heavy atom. The van der Waals surface area contributed by atoms with E-state index in [4.69, 9.17) is 0 Å². The van der Waals surface area contributed by atoms with Crippen LogP contribution in [0.15, 0.2) is 24.3 Å². The molecule has 0 heterocycles. The Hall–Kier alpha value is -1.96. The molecule has 2 aliphatic rings. The van der Waals surface area contributed by atoms with Crippen LogP contribution in [0.1, 0.15) is 47.9 Å². The van der Waals surface area contributed by atoms with Gasteiger partial charge in [-0.2, -0.15) is 0 Å². The molecule has 2 aromatic carbocycles. The van der Waals surface area contributed by atoms with Crippen molar-refractivity contribution in [1.29, 1.82) is 0 Å². The maximum atomic E-state index is 10.4. The molecule has 2 heteroatoms. The molecule has 0 amide bonds. The Morgan fingerprint density at radius 1 is 0.500 bits per heavy atom. The number of rotatable bonds is 1. The van der Waals surface area contributed by atoms with Crippen LogP contribution in [0.25, 0.3) is 11.1 Å². The van der Waals surface area contributed by atoms with Gasteiger partial charge >= 0.3 is 0 Å². The number of aryl methyl sites for hydroxylation is 4. The largest absolute Gasteiger partial charge is 0.507 e. The predicted molar refractivity (Wildman–Crippen MR) is 88.5 cm³/mol. The topological polar surface area (TPSA) is 40.5 Å². The Morgan fingerprint density at radius 3 is 1.18 bits per heavy atom. The highest BCUT2D eigenvalue weighted by Crippen LogP contribution is 2.41. The molecule has 0 saturated heterocycles. The second kappa shape index (κ2) is 5.35. The molecule has 0 aliphatic heterocycles. The summed E-state index contributed by atoms with van der Waals surface area (Å²) in [6, 6.07) is 7.99. The zero-order valence-corrected chi connectivity index (χ0v) is 12.9. The lowest BCUT2D eigenvalue weighted by Gasteiger charge is -2.21. The van der Waals surface area contributed by atoms with E-state index < -0.39 is 0 Å². The summed E-state index contributed by atoms with van der Waals surface area (Å²) in [5, 5.41) is 20.9. The van der Waals surface area contributed by atoms with E-state index >= 15 is 0 Å². The highest BCUT2D eigenvalue weighted by Gasteiger charge is 2.19. The Labute approximate surface area is 131 Å². The minimum absolute atomic E-state index is 0.298. The molecular weight excluding hydrogens is 272 g/mol. The lowest BCUT2D eigenvalue weighted by atomic mass is 9.85. The maximum absolute atomic E-state index is 10.4. The third-order valence-electron chi connectivity index (χ3n) is 5.21. The molecular formula is C20H22O2. The van der Waals surface area contributed by atoms with Crippen LogP contribution >= 0.6 is 0 Å². The summed E-state index contributed by atoms with van der Waals surface area (Å²) in [5.41, 5.74) is 6.76. The van der Waals surface area contributed by atoms with Gasteiger partial charge in [0.1, 0.15) is 11.5 Å². The summed E-state index contributed by atoms with van der Waals surface area (Å²) < 4.78 is 0. The van der Waals surface area contributed by atoms with Crippen molar-refractivity contribution in [3.63, 3.8) is 0 Å². The van der Waals surface area contributed by atoms with Crippen molar-refractivity contribution < 1.29 is 10.2 Å². The molecule has 2 aliphatic carbocycles. The molecule has 2 aromatic rings. The van der Waals surface area contributed by atoms with Gasteiger partial charge in [0.15, 0.2) is 0 Å². The quantitative estimate of drug-likeness (QED) is 0.811. The summed E-state index contributed by atoms with van der Waals surface area (Å²) in [6.45, 7) is 0. The van der Waals surface area contributed by atoms with Gasteiger partial charge in [-0.1, -0.05) is 0 Å². The zero-order valence-electron chi connectivity index (χ0n) is 12.9. The molecule has 114 valence electrons. The molecule has 0 unspecified atom stereocenters. The molecule has 0 fully saturated rings.